The van der Waals surface area contributed by atoms with Crippen LogP contribution < -0.4 is 10.9 Å². The maximum Gasteiger partial charge on any atom is 0.253 e. The van der Waals surface area contributed by atoms with E-state index in [4.69, 9.17) is 5.26 Å². The molecule has 0 bridgehead atoms. The zero-order valence-electron chi connectivity index (χ0n) is 11.6. The van der Waals surface area contributed by atoms with Gasteiger partial charge in [0.1, 0.15) is 5.69 Å². The van der Waals surface area contributed by atoms with E-state index in [-0.39, 0.29) is 23.4 Å². The Morgan fingerprint density at radius 2 is 1.86 bits per heavy atom. The van der Waals surface area contributed by atoms with Crippen molar-refractivity contribution in [1.82, 2.24) is 4.98 Å². The highest BCUT2D eigenvalue weighted by Gasteiger charge is 2.12. The highest BCUT2D eigenvalue weighted by Crippen LogP contribution is 2.21. The minimum atomic E-state index is -0.868. The molecule has 0 radical (unpaired) electrons. The van der Waals surface area contributed by atoms with Crippen molar-refractivity contribution in [2.24, 2.45) is 0 Å². The van der Waals surface area contributed by atoms with Crippen LogP contribution in [0.15, 0.2) is 23.0 Å². The molecule has 0 aliphatic carbocycles. The number of nitriles is 1. The zero-order valence-corrected chi connectivity index (χ0v) is 11.6. The van der Waals surface area contributed by atoms with Gasteiger partial charge in [-0.05, 0) is 37.6 Å². The maximum absolute atomic E-state index is 13.7. The van der Waals surface area contributed by atoms with E-state index in [1.54, 1.807) is 26.0 Å². The van der Waals surface area contributed by atoms with Crippen molar-refractivity contribution in [2.75, 3.05) is 5.32 Å². The topological polar surface area (TPSA) is 68.7 Å². The van der Waals surface area contributed by atoms with Gasteiger partial charge in [0.15, 0.2) is 11.6 Å². The van der Waals surface area contributed by atoms with Gasteiger partial charge in [0.25, 0.3) is 5.56 Å². The first kappa shape index (κ1) is 14.7. The van der Waals surface area contributed by atoms with Gasteiger partial charge in [-0.25, -0.2) is 8.78 Å². The Hall–Kier alpha value is -2.68. The van der Waals surface area contributed by atoms with Crippen LogP contribution in [0.3, 0.4) is 0 Å². The second kappa shape index (κ2) is 5.75. The Morgan fingerprint density at radius 1 is 1.24 bits per heavy atom. The van der Waals surface area contributed by atoms with Crippen molar-refractivity contribution >= 4 is 5.69 Å². The number of nitrogens with one attached hydrogen (secondary N) is 2. The highest BCUT2D eigenvalue weighted by atomic mass is 19.1. The third-order valence-corrected chi connectivity index (χ3v) is 3.11. The van der Waals surface area contributed by atoms with Gasteiger partial charge in [-0.1, -0.05) is 0 Å². The number of hydrogen-bond acceptors (Lipinski definition) is 3. The number of rotatable bonds is 3. The van der Waals surface area contributed by atoms with Gasteiger partial charge >= 0.3 is 0 Å². The standard InChI is InChI=1S/C15H13F2N3O/c1-8-3-9(2)20-15(21)11(8)7-19-14-12(16)4-10(6-18)5-13(14)17/h3-5,19H,7H2,1-2H3,(H,20,21). The number of benzene rings is 1. The first-order valence-corrected chi connectivity index (χ1v) is 6.24. The fourth-order valence-electron chi connectivity index (χ4n) is 2.08. The van der Waals surface area contributed by atoms with Gasteiger partial charge in [-0.3, -0.25) is 4.79 Å². The smallest absolute Gasteiger partial charge is 0.253 e. The van der Waals surface area contributed by atoms with Crippen LogP contribution in [0.2, 0.25) is 0 Å². The monoisotopic (exact) mass is 289 g/mol. The Bertz CT molecular complexity index is 767. The molecule has 6 heteroatoms. The van der Waals surface area contributed by atoms with E-state index < -0.39 is 11.6 Å². The largest absolute Gasteiger partial charge is 0.376 e. The molecule has 0 saturated heterocycles. The van der Waals surface area contributed by atoms with Crippen LogP contribution in [0.4, 0.5) is 14.5 Å². The quantitative estimate of drug-likeness (QED) is 0.913. The zero-order chi connectivity index (χ0) is 15.6. The van der Waals surface area contributed by atoms with Gasteiger partial charge in [-0.2, -0.15) is 5.26 Å². The summed E-state index contributed by atoms with van der Waals surface area (Å²) < 4.78 is 27.5. The lowest BCUT2D eigenvalue weighted by atomic mass is 10.1. The average Bonchev–Trinajstić information content (AvgIpc) is 2.39. The summed E-state index contributed by atoms with van der Waals surface area (Å²) in [6.45, 7) is 3.50. The summed E-state index contributed by atoms with van der Waals surface area (Å²) >= 11 is 0. The second-order valence-corrected chi connectivity index (χ2v) is 4.72. The number of anilines is 1. The molecule has 0 fully saturated rings. The minimum Gasteiger partial charge on any atom is -0.376 e. The number of halogens is 2. The Morgan fingerprint density at radius 3 is 2.38 bits per heavy atom. The van der Waals surface area contributed by atoms with Crippen molar-refractivity contribution in [3.8, 4) is 6.07 Å². The van der Waals surface area contributed by atoms with E-state index in [9.17, 15) is 13.6 Å². The maximum atomic E-state index is 13.7. The molecular formula is C15H13F2N3O. The summed E-state index contributed by atoms with van der Waals surface area (Å²) in [5, 5.41) is 11.2. The van der Waals surface area contributed by atoms with Gasteiger partial charge < -0.3 is 10.3 Å². The van der Waals surface area contributed by atoms with Crippen LogP contribution in [0.25, 0.3) is 0 Å². The molecule has 21 heavy (non-hydrogen) atoms. The average molecular weight is 289 g/mol. The number of aromatic amines is 1. The third-order valence-electron chi connectivity index (χ3n) is 3.11. The van der Waals surface area contributed by atoms with Crippen molar-refractivity contribution in [2.45, 2.75) is 20.4 Å². The Kier molecular flexibility index (Phi) is 4.03. The molecule has 0 aliphatic rings. The normalized spacial score (nSPS) is 10.2. The van der Waals surface area contributed by atoms with Gasteiger partial charge in [0.2, 0.25) is 0 Å². The van der Waals surface area contributed by atoms with E-state index in [1.165, 1.54) is 0 Å². The summed E-state index contributed by atoms with van der Waals surface area (Å²) in [5.74, 6) is -1.74. The molecule has 0 spiro atoms. The molecule has 0 atom stereocenters. The fraction of sp³-hybridized carbons (Fsp3) is 0.200. The van der Waals surface area contributed by atoms with Crippen LogP contribution in [-0.2, 0) is 6.54 Å². The molecule has 2 aromatic rings. The molecule has 0 unspecified atom stereocenters. The van der Waals surface area contributed by atoms with E-state index in [0.29, 0.717) is 5.56 Å². The lowest BCUT2D eigenvalue weighted by molar-refractivity contribution is 0.587. The van der Waals surface area contributed by atoms with Crippen LogP contribution in [0.1, 0.15) is 22.4 Å². The number of H-pyrrole nitrogens is 1. The number of hydrogen-bond donors (Lipinski definition) is 2. The molecule has 4 nitrogen and oxygen atoms in total. The molecule has 2 N–H and O–H groups in total. The molecule has 0 aliphatic heterocycles. The summed E-state index contributed by atoms with van der Waals surface area (Å²) in [4.78, 5) is 14.5. The van der Waals surface area contributed by atoms with Crippen LogP contribution in [0, 0.1) is 36.8 Å². The van der Waals surface area contributed by atoms with E-state index >= 15 is 0 Å². The van der Waals surface area contributed by atoms with Crippen molar-refractivity contribution < 1.29 is 8.78 Å². The van der Waals surface area contributed by atoms with Crippen LogP contribution in [-0.4, -0.2) is 4.98 Å². The molecule has 1 aromatic heterocycles. The molecule has 0 amide bonds. The fourth-order valence-corrected chi connectivity index (χ4v) is 2.08. The molecule has 108 valence electrons. The summed E-state index contributed by atoms with van der Waals surface area (Å²) in [6.07, 6.45) is 0. The number of pyridine rings is 1. The summed E-state index contributed by atoms with van der Waals surface area (Å²) in [6, 6.07) is 5.34. The molecule has 0 saturated carbocycles. The Labute approximate surface area is 120 Å². The summed E-state index contributed by atoms with van der Waals surface area (Å²) in [5.41, 5.74) is 1.11. The highest BCUT2D eigenvalue weighted by molar-refractivity contribution is 5.50. The van der Waals surface area contributed by atoms with E-state index in [1.807, 2.05) is 0 Å². The molecule has 2 rings (SSSR count). The first-order valence-electron chi connectivity index (χ1n) is 6.24. The van der Waals surface area contributed by atoms with Crippen LogP contribution >= 0.6 is 0 Å². The third kappa shape index (κ3) is 3.08. The first-order chi connectivity index (χ1) is 9.92. The number of aromatic nitrogens is 1. The predicted molar refractivity (Wildman–Crippen MR) is 74.9 cm³/mol. The lowest BCUT2D eigenvalue weighted by Crippen LogP contribution is -2.19. The lowest BCUT2D eigenvalue weighted by Gasteiger charge is -2.11. The van der Waals surface area contributed by atoms with E-state index in [0.717, 1.165) is 23.4 Å². The SMILES string of the molecule is Cc1cc(C)c(CNc2c(F)cc(C#N)cc2F)c(=O)[nH]1. The van der Waals surface area contributed by atoms with Gasteiger partial charge in [0, 0.05) is 17.8 Å². The number of aryl methyl sites for hydroxylation is 2. The predicted octanol–water partition coefficient (Wildman–Crippen LogP) is 2.75. The number of nitrogens with zero attached hydrogens (tertiary/aromatic N) is 1. The van der Waals surface area contributed by atoms with Crippen molar-refractivity contribution in [3.05, 3.63) is 62.6 Å². The van der Waals surface area contributed by atoms with Crippen molar-refractivity contribution in [3.63, 3.8) is 0 Å². The van der Waals surface area contributed by atoms with Crippen LogP contribution in [0.5, 0.6) is 0 Å². The van der Waals surface area contributed by atoms with Gasteiger partial charge in [-0.15, -0.1) is 0 Å². The van der Waals surface area contributed by atoms with Gasteiger partial charge in [0.05, 0.1) is 11.6 Å². The molecule has 1 aromatic carbocycles. The van der Waals surface area contributed by atoms with Crippen molar-refractivity contribution in [1.29, 1.82) is 5.26 Å². The molecular weight excluding hydrogens is 276 g/mol. The molecule has 1 heterocycles. The van der Waals surface area contributed by atoms with E-state index in [2.05, 4.69) is 10.3 Å². The second-order valence-electron chi connectivity index (χ2n) is 4.72. The summed E-state index contributed by atoms with van der Waals surface area (Å²) in [7, 11) is 0. The minimum absolute atomic E-state index is 0.0127. The Balaban J connectivity index is 2.30.